The molecule has 4 N–H and O–H groups in total. The maximum Gasteiger partial charge on any atom is 0.334 e. The molecule has 0 radical (unpaired) electrons. The third-order valence-electron chi connectivity index (χ3n) is 9.50. The number of carbonyl (C=O) groups is 2. The number of hydrogen-bond donors (Lipinski definition) is 2. The van der Waals surface area contributed by atoms with Gasteiger partial charge in [0.15, 0.2) is 0 Å². The van der Waals surface area contributed by atoms with Crippen LogP contribution in [0.25, 0.3) is 0 Å². The van der Waals surface area contributed by atoms with E-state index in [2.05, 4.69) is 24.4 Å². The molecule has 0 aromatic rings. The summed E-state index contributed by atoms with van der Waals surface area (Å²) < 4.78 is 19.2. The SMILES string of the molecule is CC=C(C)C(=O)O[C@@]1(C)CC=C[C@@H](C2CC[NH2+]C(N)C2)[C@@]12CC1CC3CCC(=O)OC3CC1O2. The van der Waals surface area contributed by atoms with Gasteiger partial charge in [0, 0.05) is 43.6 Å². The number of fused-ring (bicyclic) bond motifs is 2. The van der Waals surface area contributed by atoms with Gasteiger partial charge in [0.2, 0.25) is 0 Å². The predicted octanol–water partition coefficient (Wildman–Crippen LogP) is 2.35. The van der Waals surface area contributed by atoms with Crippen LogP contribution in [0.1, 0.15) is 72.1 Å². The van der Waals surface area contributed by atoms with E-state index in [4.69, 9.17) is 19.9 Å². The molecule has 7 heteroatoms. The molecule has 5 rings (SSSR count). The van der Waals surface area contributed by atoms with Crippen molar-refractivity contribution >= 4 is 11.9 Å². The zero-order valence-electron chi connectivity index (χ0n) is 20.8. The maximum atomic E-state index is 13.0. The van der Waals surface area contributed by atoms with E-state index in [0.717, 1.165) is 45.1 Å². The average Bonchev–Trinajstić information content (AvgIpc) is 3.18. The van der Waals surface area contributed by atoms with Crippen LogP contribution in [-0.2, 0) is 23.8 Å². The lowest BCUT2D eigenvalue weighted by Crippen LogP contribution is -2.95. The van der Waals surface area contributed by atoms with E-state index >= 15 is 0 Å². The van der Waals surface area contributed by atoms with Gasteiger partial charge in [-0.1, -0.05) is 18.2 Å². The highest BCUT2D eigenvalue weighted by Crippen LogP contribution is 2.59. The van der Waals surface area contributed by atoms with Crippen molar-refractivity contribution in [2.75, 3.05) is 6.54 Å². The number of rotatable bonds is 3. The second-order valence-corrected chi connectivity index (χ2v) is 11.5. The Hall–Kier alpha value is -1.70. The molecule has 3 aliphatic heterocycles. The Morgan fingerprint density at radius 1 is 1.21 bits per heavy atom. The molecule has 5 aliphatic rings. The average molecular weight is 474 g/mol. The Labute approximate surface area is 202 Å². The smallest absolute Gasteiger partial charge is 0.334 e. The first-order valence-electron chi connectivity index (χ1n) is 13.2. The lowest BCUT2D eigenvalue weighted by molar-refractivity contribution is -0.699. The third-order valence-corrected chi connectivity index (χ3v) is 9.50. The van der Waals surface area contributed by atoms with Crippen LogP contribution < -0.4 is 11.1 Å². The van der Waals surface area contributed by atoms with Crippen molar-refractivity contribution in [3.05, 3.63) is 23.8 Å². The second kappa shape index (κ2) is 9.07. The first-order chi connectivity index (χ1) is 16.2. The summed E-state index contributed by atoms with van der Waals surface area (Å²) in [5.41, 5.74) is 5.63. The molecule has 1 saturated carbocycles. The quantitative estimate of drug-likeness (QED) is 0.370. The van der Waals surface area contributed by atoms with Gasteiger partial charge in [0.25, 0.3) is 0 Å². The molecule has 3 heterocycles. The standard InChI is InChI=1S/C27H40N2O5/c1-4-16(2)25(31)34-26(3)10-5-6-20(17-9-11-29-23(28)13-17)27(26)15-19-12-18-7-8-24(30)32-21(18)14-22(19)33-27/h4-6,17-23,29H,7-15,28H2,1-3H3/p+1/t17?,18?,19?,20-,21?,22?,23?,26-,27-/m0/s1. The summed E-state index contributed by atoms with van der Waals surface area (Å²) in [6, 6.07) is 0. The molecule has 1 spiro atoms. The van der Waals surface area contributed by atoms with Crippen LogP contribution in [0, 0.1) is 23.7 Å². The van der Waals surface area contributed by atoms with Crippen molar-refractivity contribution in [2.24, 2.45) is 29.4 Å². The van der Waals surface area contributed by atoms with Gasteiger partial charge in [-0.3, -0.25) is 10.5 Å². The number of allylic oxidation sites excluding steroid dienone is 1. The number of piperidine rings is 1. The highest BCUT2D eigenvalue weighted by atomic mass is 16.6. The molecule has 0 aromatic heterocycles. The van der Waals surface area contributed by atoms with Crippen molar-refractivity contribution in [2.45, 2.75) is 102 Å². The normalized spacial score (nSPS) is 46.5. The fourth-order valence-electron chi connectivity index (χ4n) is 7.51. The van der Waals surface area contributed by atoms with Gasteiger partial charge >= 0.3 is 11.9 Å². The molecular formula is C27H41N2O5+. The number of hydrogen-bond acceptors (Lipinski definition) is 6. The summed E-state index contributed by atoms with van der Waals surface area (Å²) in [5, 5.41) is 2.22. The first-order valence-corrected chi connectivity index (χ1v) is 13.2. The lowest BCUT2D eigenvalue weighted by Gasteiger charge is -2.53. The molecule has 4 fully saturated rings. The monoisotopic (exact) mass is 473 g/mol. The molecule has 7 nitrogen and oxygen atoms in total. The zero-order chi connectivity index (χ0) is 24.1. The molecule has 0 amide bonds. The second-order valence-electron chi connectivity index (χ2n) is 11.5. The molecule has 6 unspecified atom stereocenters. The first kappa shape index (κ1) is 24.0. The fourth-order valence-corrected chi connectivity index (χ4v) is 7.51. The summed E-state index contributed by atoms with van der Waals surface area (Å²) in [5.74, 6) is 0.966. The van der Waals surface area contributed by atoms with Crippen molar-refractivity contribution < 1.29 is 29.1 Å². The summed E-state index contributed by atoms with van der Waals surface area (Å²) in [4.78, 5) is 25.0. The Bertz CT molecular complexity index is 886. The zero-order valence-corrected chi connectivity index (χ0v) is 20.8. The molecule has 188 valence electrons. The molecule has 0 aromatic carbocycles. The number of esters is 2. The van der Waals surface area contributed by atoms with Gasteiger partial charge in [-0.05, 0) is 57.8 Å². The minimum Gasteiger partial charge on any atom is -0.462 e. The number of ether oxygens (including phenoxy) is 3. The highest BCUT2D eigenvalue weighted by molar-refractivity contribution is 5.88. The Balaban J connectivity index is 1.49. The Morgan fingerprint density at radius 2 is 2.03 bits per heavy atom. The molecular weight excluding hydrogens is 432 g/mol. The molecule has 2 aliphatic carbocycles. The van der Waals surface area contributed by atoms with E-state index in [0.29, 0.717) is 36.2 Å². The van der Waals surface area contributed by atoms with Gasteiger partial charge in [0.1, 0.15) is 23.5 Å². The van der Waals surface area contributed by atoms with Crippen LogP contribution in [-0.4, -0.2) is 48.1 Å². The van der Waals surface area contributed by atoms with E-state index in [9.17, 15) is 9.59 Å². The van der Waals surface area contributed by atoms with Crippen LogP contribution in [0.3, 0.4) is 0 Å². The topological polar surface area (TPSA) is 104 Å². The van der Waals surface area contributed by atoms with Crippen molar-refractivity contribution in [1.82, 2.24) is 0 Å². The minimum absolute atomic E-state index is 0.0193. The summed E-state index contributed by atoms with van der Waals surface area (Å²) in [6.45, 7) is 6.75. The van der Waals surface area contributed by atoms with E-state index < -0.39 is 11.2 Å². The van der Waals surface area contributed by atoms with E-state index in [-0.39, 0.29) is 36.2 Å². The van der Waals surface area contributed by atoms with Crippen molar-refractivity contribution in [3.63, 3.8) is 0 Å². The molecule has 9 atom stereocenters. The minimum atomic E-state index is -0.766. The van der Waals surface area contributed by atoms with E-state index in [1.54, 1.807) is 13.0 Å². The Morgan fingerprint density at radius 3 is 2.79 bits per heavy atom. The third kappa shape index (κ3) is 4.03. The number of quaternary nitrogens is 1. The van der Waals surface area contributed by atoms with Gasteiger partial charge in [-0.2, -0.15) is 0 Å². The Kier molecular flexibility index (Phi) is 6.40. The highest BCUT2D eigenvalue weighted by Gasteiger charge is 2.65. The fraction of sp³-hybridized carbons (Fsp3) is 0.778. The van der Waals surface area contributed by atoms with E-state index in [1.165, 1.54) is 0 Å². The molecule has 34 heavy (non-hydrogen) atoms. The van der Waals surface area contributed by atoms with Crippen molar-refractivity contribution in [1.29, 1.82) is 0 Å². The summed E-state index contributed by atoms with van der Waals surface area (Å²) in [7, 11) is 0. The number of nitrogens with two attached hydrogens (primary N) is 2. The van der Waals surface area contributed by atoms with Crippen LogP contribution >= 0.6 is 0 Å². The lowest BCUT2D eigenvalue weighted by atomic mass is 9.60. The largest absolute Gasteiger partial charge is 0.462 e. The maximum absolute atomic E-state index is 13.0. The summed E-state index contributed by atoms with van der Waals surface area (Å²) >= 11 is 0. The van der Waals surface area contributed by atoms with Crippen molar-refractivity contribution in [3.8, 4) is 0 Å². The van der Waals surface area contributed by atoms with Gasteiger partial charge in [-0.25, -0.2) is 4.79 Å². The van der Waals surface area contributed by atoms with Crippen LogP contribution in [0.4, 0.5) is 0 Å². The molecule has 3 saturated heterocycles. The summed E-state index contributed by atoms with van der Waals surface area (Å²) in [6.07, 6.45) is 13.1. The van der Waals surface area contributed by atoms with Gasteiger partial charge < -0.3 is 19.5 Å². The van der Waals surface area contributed by atoms with Crippen LogP contribution in [0.2, 0.25) is 0 Å². The van der Waals surface area contributed by atoms with Gasteiger partial charge in [-0.15, -0.1) is 0 Å². The van der Waals surface area contributed by atoms with E-state index in [1.807, 2.05) is 6.92 Å². The number of carbonyl (C=O) groups excluding carboxylic acids is 2. The molecule has 0 bridgehead atoms. The predicted molar refractivity (Wildman–Crippen MR) is 126 cm³/mol. The van der Waals surface area contributed by atoms with Crippen LogP contribution in [0.15, 0.2) is 23.8 Å². The van der Waals surface area contributed by atoms with Crippen LogP contribution in [0.5, 0.6) is 0 Å². The van der Waals surface area contributed by atoms with Gasteiger partial charge in [0.05, 0.1) is 12.6 Å².